The van der Waals surface area contributed by atoms with Crippen molar-refractivity contribution in [2.75, 3.05) is 0 Å². The second kappa shape index (κ2) is 9.82. The number of rotatable bonds is 2. The van der Waals surface area contributed by atoms with E-state index in [0.29, 0.717) is 0 Å². The molecule has 0 unspecified atom stereocenters. The molecule has 2 heterocycles. The number of benzene rings is 8. The first-order valence-corrected chi connectivity index (χ1v) is 16.9. The van der Waals surface area contributed by atoms with Gasteiger partial charge in [0, 0.05) is 33.0 Å². The average molecular weight is 624 g/mol. The van der Waals surface area contributed by atoms with Crippen molar-refractivity contribution in [1.82, 2.24) is 4.57 Å². The van der Waals surface area contributed by atoms with Gasteiger partial charge in [-0.1, -0.05) is 140 Å². The lowest BCUT2D eigenvalue weighted by Crippen LogP contribution is -2.32. The Hall–Kier alpha value is -6.38. The summed E-state index contributed by atoms with van der Waals surface area (Å²) in [5, 5.41) is 4.99. The Labute approximate surface area is 284 Å². The molecule has 0 atom stereocenters. The molecular weight excluding hydrogens is 595 g/mol. The molecule has 0 radical (unpaired) electrons. The minimum Gasteiger partial charge on any atom is -0.457 e. The summed E-state index contributed by atoms with van der Waals surface area (Å²) < 4.78 is 9.15. The minimum absolute atomic E-state index is 0.495. The van der Waals surface area contributed by atoms with Gasteiger partial charge in [-0.3, -0.25) is 0 Å². The highest BCUT2D eigenvalue weighted by atomic mass is 16.5. The summed E-state index contributed by atoms with van der Waals surface area (Å²) in [4.78, 5) is 0. The van der Waals surface area contributed by atoms with Gasteiger partial charge in [-0.25, -0.2) is 0 Å². The quantitative estimate of drug-likeness (QED) is 0.187. The fraction of sp³-hybridized carbons (Fsp3) is 0.0213. The molecule has 1 aliphatic carbocycles. The Morgan fingerprint density at radius 1 is 0.388 bits per heavy atom. The highest BCUT2D eigenvalue weighted by Gasteiger charge is 2.51. The summed E-state index contributed by atoms with van der Waals surface area (Å²) >= 11 is 0. The molecule has 0 N–H and O–H groups in total. The molecule has 2 aliphatic rings. The first-order chi connectivity index (χ1) is 24.3. The lowest BCUT2D eigenvalue weighted by molar-refractivity contribution is 0.436. The lowest BCUT2D eigenvalue weighted by Gasteiger charge is -2.39. The van der Waals surface area contributed by atoms with E-state index in [1.165, 1.54) is 77.1 Å². The molecule has 2 heteroatoms. The molecule has 1 spiro atoms. The van der Waals surface area contributed by atoms with Crippen molar-refractivity contribution < 1.29 is 4.74 Å². The molecule has 0 amide bonds. The molecule has 0 bridgehead atoms. The third kappa shape index (κ3) is 3.45. The van der Waals surface area contributed by atoms with Crippen LogP contribution in [0.25, 0.3) is 60.5 Å². The Morgan fingerprint density at radius 3 is 1.80 bits per heavy atom. The molecule has 0 saturated carbocycles. The first-order valence-electron chi connectivity index (χ1n) is 16.9. The van der Waals surface area contributed by atoms with E-state index >= 15 is 0 Å². The van der Waals surface area contributed by atoms with E-state index in [2.05, 4.69) is 180 Å². The molecule has 49 heavy (non-hydrogen) atoms. The monoisotopic (exact) mass is 623 g/mol. The van der Waals surface area contributed by atoms with Crippen molar-refractivity contribution in [3.05, 3.63) is 198 Å². The van der Waals surface area contributed by atoms with Crippen LogP contribution in [0, 0.1) is 0 Å². The van der Waals surface area contributed by atoms with Crippen LogP contribution in [-0.4, -0.2) is 4.57 Å². The summed E-state index contributed by atoms with van der Waals surface area (Å²) in [7, 11) is 0. The number of para-hydroxylation sites is 3. The van der Waals surface area contributed by atoms with Gasteiger partial charge in [0.2, 0.25) is 0 Å². The van der Waals surface area contributed by atoms with Crippen molar-refractivity contribution in [3.8, 4) is 39.4 Å². The number of nitrogens with zero attached hydrogens (tertiary/aromatic N) is 1. The van der Waals surface area contributed by atoms with Gasteiger partial charge in [-0.05, 0) is 75.2 Å². The molecule has 0 saturated heterocycles. The maximum Gasteiger partial charge on any atom is 0.132 e. The number of hydrogen-bond donors (Lipinski definition) is 0. The van der Waals surface area contributed by atoms with Crippen molar-refractivity contribution in [2.45, 2.75) is 5.41 Å². The number of fused-ring (bicyclic) bond motifs is 14. The fourth-order valence-electron chi connectivity index (χ4n) is 8.94. The van der Waals surface area contributed by atoms with Crippen LogP contribution in [0.4, 0.5) is 0 Å². The van der Waals surface area contributed by atoms with Gasteiger partial charge in [0.1, 0.15) is 11.5 Å². The van der Waals surface area contributed by atoms with Gasteiger partial charge in [0.25, 0.3) is 0 Å². The molecule has 228 valence electrons. The average Bonchev–Trinajstić information content (AvgIpc) is 3.67. The van der Waals surface area contributed by atoms with Crippen LogP contribution in [0.15, 0.2) is 176 Å². The Morgan fingerprint density at radius 2 is 0.980 bits per heavy atom. The minimum atomic E-state index is -0.495. The van der Waals surface area contributed by atoms with Crippen molar-refractivity contribution in [2.24, 2.45) is 0 Å². The third-order valence-corrected chi connectivity index (χ3v) is 10.9. The molecular formula is C47H29NO. The Bertz CT molecular complexity index is 2760. The zero-order valence-electron chi connectivity index (χ0n) is 26.6. The second-order valence-electron chi connectivity index (χ2n) is 13.2. The summed E-state index contributed by atoms with van der Waals surface area (Å²) in [6.07, 6.45) is 0. The predicted molar refractivity (Wildman–Crippen MR) is 201 cm³/mol. The fourth-order valence-corrected chi connectivity index (χ4v) is 8.94. The van der Waals surface area contributed by atoms with Gasteiger partial charge >= 0.3 is 0 Å². The van der Waals surface area contributed by atoms with Crippen LogP contribution < -0.4 is 4.74 Å². The topological polar surface area (TPSA) is 14.2 Å². The zero-order valence-corrected chi connectivity index (χ0v) is 26.6. The van der Waals surface area contributed by atoms with Gasteiger partial charge in [-0.2, -0.15) is 0 Å². The van der Waals surface area contributed by atoms with Crippen molar-refractivity contribution >= 4 is 32.6 Å². The van der Waals surface area contributed by atoms with E-state index < -0.39 is 5.41 Å². The van der Waals surface area contributed by atoms with Gasteiger partial charge in [0.05, 0.1) is 16.4 Å². The highest BCUT2D eigenvalue weighted by Crippen LogP contribution is 2.62. The first kappa shape index (κ1) is 26.7. The molecule has 9 aromatic rings. The third-order valence-electron chi connectivity index (χ3n) is 10.9. The SMILES string of the molecule is c1ccc(-n2c3ccccc3c3ccc4c(-c5ccc6c(c5)C5(c7ccccc7O6)c6ccccc6-c6ccccc65)cccc4c32)cc1. The molecule has 0 fully saturated rings. The van der Waals surface area contributed by atoms with E-state index in [1.54, 1.807) is 0 Å². The summed E-state index contributed by atoms with van der Waals surface area (Å²) in [6, 6.07) is 64.1. The maximum atomic E-state index is 6.73. The van der Waals surface area contributed by atoms with E-state index in [1.807, 2.05) is 0 Å². The highest BCUT2D eigenvalue weighted by molar-refractivity contribution is 6.20. The smallest absolute Gasteiger partial charge is 0.132 e. The van der Waals surface area contributed by atoms with E-state index in [0.717, 1.165) is 17.2 Å². The molecule has 2 nitrogen and oxygen atoms in total. The number of ether oxygens (including phenoxy) is 1. The van der Waals surface area contributed by atoms with Crippen LogP contribution in [0.5, 0.6) is 11.5 Å². The summed E-state index contributed by atoms with van der Waals surface area (Å²) in [5.41, 5.74) is 13.0. The summed E-state index contributed by atoms with van der Waals surface area (Å²) in [5.74, 6) is 1.82. The Balaban J connectivity index is 1.21. The van der Waals surface area contributed by atoms with Crippen LogP contribution in [0.3, 0.4) is 0 Å². The van der Waals surface area contributed by atoms with E-state index in [9.17, 15) is 0 Å². The molecule has 1 aromatic heterocycles. The van der Waals surface area contributed by atoms with Crippen LogP contribution in [0.1, 0.15) is 22.3 Å². The normalized spacial score (nSPS) is 13.6. The predicted octanol–water partition coefficient (Wildman–Crippen LogP) is 12.1. The van der Waals surface area contributed by atoms with E-state index in [4.69, 9.17) is 4.74 Å². The largest absolute Gasteiger partial charge is 0.457 e. The van der Waals surface area contributed by atoms with Crippen LogP contribution >= 0.6 is 0 Å². The van der Waals surface area contributed by atoms with Gasteiger partial charge in [0.15, 0.2) is 0 Å². The number of aromatic nitrogens is 1. The van der Waals surface area contributed by atoms with Gasteiger partial charge < -0.3 is 9.30 Å². The van der Waals surface area contributed by atoms with Crippen molar-refractivity contribution in [3.63, 3.8) is 0 Å². The number of hydrogen-bond acceptors (Lipinski definition) is 1. The Kier molecular flexibility index (Phi) is 5.34. The maximum absolute atomic E-state index is 6.73. The molecule has 1 aliphatic heterocycles. The standard InChI is InChI=1S/C47H29NO/c1-2-13-31(14-3-1)48-43-23-10-6-17-36(43)38-27-26-33-32(18-12-19-37(33)46(38)48)30-25-28-45-42(29-30)47(41-22-9-11-24-44(41)49-45)39-20-7-4-15-34(39)35-16-5-8-21-40(35)47/h1-29H. The van der Waals surface area contributed by atoms with Crippen LogP contribution in [-0.2, 0) is 5.41 Å². The van der Waals surface area contributed by atoms with Crippen molar-refractivity contribution in [1.29, 1.82) is 0 Å². The lowest BCUT2D eigenvalue weighted by atomic mass is 9.65. The molecule has 8 aromatic carbocycles. The van der Waals surface area contributed by atoms with Crippen LogP contribution in [0.2, 0.25) is 0 Å². The van der Waals surface area contributed by atoms with Gasteiger partial charge in [-0.15, -0.1) is 0 Å². The summed E-state index contributed by atoms with van der Waals surface area (Å²) in [6.45, 7) is 0. The molecule has 11 rings (SSSR count). The second-order valence-corrected chi connectivity index (χ2v) is 13.2. The van der Waals surface area contributed by atoms with E-state index in [-0.39, 0.29) is 0 Å². The zero-order chi connectivity index (χ0) is 32.1.